The molecular formula is C20H23Cl2NO2S. The zero-order chi connectivity index (χ0) is 19.3. The van der Waals surface area contributed by atoms with Crippen LogP contribution in [-0.4, -0.2) is 30.2 Å². The van der Waals surface area contributed by atoms with E-state index in [0.29, 0.717) is 16.6 Å². The van der Waals surface area contributed by atoms with Crippen molar-refractivity contribution in [2.75, 3.05) is 13.6 Å². The van der Waals surface area contributed by atoms with Gasteiger partial charge in [-0.1, -0.05) is 53.2 Å². The highest BCUT2D eigenvalue weighted by Crippen LogP contribution is 2.34. The first-order valence-electron chi connectivity index (χ1n) is 8.30. The molecule has 0 N–H and O–H groups in total. The van der Waals surface area contributed by atoms with Crippen LogP contribution in [0.2, 0.25) is 10.0 Å². The van der Waals surface area contributed by atoms with E-state index in [9.17, 15) is 4.79 Å². The van der Waals surface area contributed by atoms with Gasteiger partial charge in [0.1, 0.15) is 5.60 Å². The molecule has 6 heteroatoms. The van der Waals surface area contributed by atoms with Crippen LogP contribution in [0.1, 0.15) is 26.3 Å². The average Bonchev–Trinajstić information content (AvgIpc) is 2.55. The second kappa shape index (κ2) is 9.03. The number of carbonyl (C=O) groups is 1. The predicted octanol–water partition coefficient (Wildman–Crippen LogP) is 6.55. The van der Waals surface area contributed by atoms with Gasteiger partial charge in [0.15, 0.2) is 0 Å². The van der Waals surface area contributed by atoms with Crippen LogP contribution < -0.4 is 0 Å². The molecule has 0 unspecified atom stereocenters. The topological polar surface area (TPSA) is 29.5 Å². The van der Waals surface area contributed by atoms with Gasteiger partial charge < -0.3 is 9.64 Å². The summed E-state index contributed by atoms with van der Waals surface area (Å²) in [4.78, 5) is 15.8. The minimum absolute atomic E-state index is 0.313. The molecule has 0 fully saturated rings. The second-order valence-corrected chi connectivity index (χ2v) is 8.87. The van der Waals surface area contributed by atoms with E-state index in [4.69, 9.17) is 27.9 Å². The summed E-state index contributed by atoms with van der Waals surface area (Å²) in [6.07, 6.45) is 0.423. The molecule has 0 aliphatic heterocycles. The molecule has 3 nitrogen and oxygen atoms in total. The van der Waals surface area contributed by atoms with Crippen molar-refractivity contribution >= 4 is 41.1 Å². The first kappa shape index (κ1) is 20.9. The fourth-order valence-electron chi connectivity index (χ4n) is 2.20. The van der Waals surface area contributed by atoms with Gasteiger partial charge in [0, 0.05) is 23.4 Å². The Labute approximate surface area is 169 Å². The minimum Gasteiger partial charge on any atom is -0.444 e. The summed E-state index contributed by atoms with van der Waals surface area (Å²) in [5, 5.41) is 1.09. The highest BCUT2D eigenvalue weighted by atomic mass is 35.5. The van der Waals surface area contributed by atoms with E-state index in [2.05, 4.69) is 12.1 Å². The summed E-state index contributed by atoms with van der Waals surface area (Å²) >= 11 is 13.7. The zero-order valence-corrected chi connectivity index (χ0v) is 17.7. The first-order chi connectivity index (χ1) is 12.2. The number of likely N-dealkylation sites (N-methyl/N-ethyl adjacent to an activating group) is 1. The molecule has 0 aliphatic rings. The number of amides is 1. The fourth-order valence-corrected chi connectivity index (χ4v) is 3.57. The van der Waals surface area contributed by atoms with Crippen LogP contribution in [0.4, 0.5) is 4.79 Å². The van der Waals surface area contributed by atoms with Crippen molar-refractivity contribution in [3.63, 3.8) is 0 Å². The van der Waals surface area contributed by atoms with Gasteiger partial charge in [-0.05, 0) is 57.0 Å². The van der Waals surface area contributed by atoms with Crippen LogP contribution in [0.3, 0.4) is 0 Å². The number of carbonyl (C=O) groups excluding carboxylic acids is 1. The lowest BCUT2D eigenvalue weighted by molar-refractivity contribution is 0.0300. The molecule has 0 radical (unpaired) electrons. The van der Waals surface area contributed by atoms with Crippen LogP contribution in [-0.2, 0) is 11.2 Å². The molecule has 140 valence electrons. The van der Waals surface area contributed by atoms with Gasteiger partial charge >= 0.3 is 6.09 Å². The Morgan fingerprint density at radius 2 is 1.81 bits per heavy atom. The quantitative estimate of drug-likeness (QED) is 0.557. The van der Waals surface area contributed by atoms with Crippen molar-refractivity contribution in [1.82, 2.24) is 4.90 Å². The smallest absolute Gasteiger partial charge is 0.410 e. The molecular weight excluding hydrogens is 389 g/mol. The van der Waals surface area contributed by atoms with Crippen molar-refractivity contribution in [1.29, 1.82) is 0 Å². The van der Waals surface area contributed by atoms with E-state index in [1.807, 2.05) is 45.0 Å². The van der Waals surface area contributed by atoms with E-state index >= 15 is 0 Å². The Balaban J connectivity index is 2.04. The summed E-state index contributed by atoms with van der Waals surface area (Å²) in [6, 6.07) is 13.7. The van der Waals surface area contributed by atoms with Crippen LogP contribution in [0.5, 0.6) is 0 Å². The van der Waals surface area contributed by atoms with Crippen molar-refractivity contribution in [3.8, 4) is 0 Å². The Bertz CT molecular complexity index is 775. The molecule has 0 aliphatic carbocycles. The number of nitrogens with zero attached hydrogens (tertiary/aromatic N) is 1. The molecule has 2 aromatic carbocycles. The predicted molar refractivity (Wildman–Crippen MR) is 110 cm³/mol. The maximum atomic E-state index is 12.1. The number of rotatable bonds is 5. The van der Waals surface area contributed by atoms with Crippen LogP contribution in [0, 0.1) is 0 Å². The van der Waals surface area contributed by atoms with Gasteiger partial charge in [0.05, 0.1) is 10.0 Å². The molecule has 0 aromatic heterocycles. The molecule has 2 rings (SSSR count). The molecule has 0 saturated carbocycles. The minimum atomic E-state index is -0.493. The fraction of sp³-hybridized carbons (Fsp3) is 0.350. The lowest BCUT2D eigenvalue weighted by atomic mass is 10.1. The van der Waals surface area contributed by atoms with Crippen LogP contribution >= 0.6 is 35.0 Å². The van der Waals surface area contributed by atoms with Crippen molar-refractivity contribution in [2.45, 2.75) is 42.6 Å². The van der Waals surface area contributed by atoms with Gasteiger partial charge in [0.25, 0.3) is 0 Å². The van der Waals surface area contributed by atoms with E-state index in [-0.39, 0.29) is 6.09 Å². The Morgan fingerprint density at radius 3 is 2.46 bits per heavy atom. The highest BCUT2D eigenvalue weighted by molar-refractivity contribution is 7.99. The lowest BCUT2D eigenvalue weighted by Gasteiger charge is -2.24. The maximum Gasteiger partial charge on any atom is 0.410 e. The number of ether oxygens (including phenoxy) is 1. The SMILES string of the molecule is CN(CCc1ccccc1Sc1ccc(Cl)c(Cl)c1)C(=O)OC(C)(C)C. The third-order valence-electron chi connectivity index (χ3n) is 3.51. The van der Waals surface area contributed by atoms with E-state index in [1.165, 1.54) is 5.56 Å². The summed E-state index contributed by atoms with van der Waals surface area (Å²) < 4.78 is 5.39. The first-order valence-corrected chi connectivity index (χ1v) is 9.88. The third-order valence-corrected chi connectivity index (χ3v) is 5.36. The molecule has 2 aromatic rings. The van der Waals surface area contributed by atoms with Gasteiger partial charge in [-0.2, -0.15) is 0 Å². The molecule has 1 amide bonds. The third kappa shape index (κ3) is 6.42. The van der Waals surface area contributed by atoms with E-state index in [1.54, 1.807) is 29.8 Å². The average molecular weight is 412 g/mol. The van der Waals surface area contributed by atoms with E-state index < -0.39 is 5.60 Å². The number of hydrogen-bond donors (Lipinski definition) is 0. The normalized spacial score (nSPS) is 11.3. The van der Waals surface area contributed by atoms with Gasteiger partial charge in [-0.25, -0.2) is 4.79 Å². The molecule has 0 bridgehead atoms. The van der Waals surface area contributed by atoms with E-state index in [0.717, 1.165) is 16.2 Å². The van der Waals surface area contributed by atoms with Gasteiger partial charge in [0.2, 0.25) is 0 Å². The Morgan fingerprint density at radius 1 is 1.12 bits per heavy atom. The van der Waals surface area contributed by atoms with Crippen molar-refractivity contribution < 1.29 is 9.53 Å². The van der Waals surface area contributed by atoms with Gasteiger partial charge in [-0.15, -0.1) is 0 Å². The highest BCUT2D eigenvalue weighted by Gasteiger charge is 2.19. The molecule has 0 saturated heterocycles. The maximum absolute atomic E-state index is 12.1. The number of benzene rings is 2. The standard InChI is InChI=1S/C20H23Cl2NO2S/c1-20(2,3)25-19(24)23(4)12-11-14-7-5-6-8-18(14)26-15-9-10-16(21)17(22)13-15/h5-10,13H,11-12H2,1-4H3. The molecule has 26 heavy (non-hydrogen) atoms. The Hall–Kier alpha value is -1.36. The lowest BCUT2D eigenvalue weighted by Crippen LogP contribution is -2.35. The molecule has 0 heterocycles. The van der Waals surface area contributed by atoms with Gasteiger partial charge in [-0.3, -0.25) is 0 Å². The summed E-state index contributed by atoms with van der Waals surface area (Å²) in [6.45, 7) is 6.17. The summed E-state index contributed by atoms with van der Waals surface area (Å²) in [5.41, 5.74) is 0.673. The molecule has 0 atom stereocenters. The number of hydrogen-bond acceptors (Lipinski definition) is 3. The zero-order valence-electron chi connectivity index (χ0n) is 15.4. The molecule has 0 spiro atoms. The Kier molecular flexibility index (Phi) is 7.27. The van der Waals surface area contributed by atoms with Crippen LogP contribution in [0.15, 0.2) is 52.3 Å². The number of halogens is 2. The van der Waals surface area contributed by atoms with Crippen molar-refractivity contribution in [2.24, 2.45) is 0 Å². The van der Waals surface area contributed by atoms with Crippen molar-refractivity contribution in [3.05, 3.63) is 58.1 Å². The van der Waals surface area contributed by atoms with Crippen LogP contribution in [0.25, 0.3) is 0 Å². The summed E-state index contributed by atoms with van der Waals surface area (Å²) in [5.74, 6) is 0. The summed E-state index contributed by atoms with van der Waals surface area (Å²) in [7, 11) is 1.75. The monoisotopic (exact) mass is 411 g/mol. The second-order valence-electron chi connectivity index (χ2n) is 6.94. The largest absolute Gasteiger partial charge is 0.444 e.